The van der Waals surface area contributed by atoms with Gasteiger partial charge in [-0.1, -0.05) is 0 Å². The number of aromatic amines is 1. The number of rotatable bonds is 5. The summed E-state index contributed by atoms with van der Waals surface area (Å²) in [4.78, 5) is 37.1. The first-order chi connectivity index (χ1) is 11.0. The number of non-ortho nitro benzene ring substituents is 1. The van der Waals surface area contributed by atoms with E-state index in [-0.39, 0.29) is 11.6 Å². The fourth-order valence-corrected chi connectivity index (χ4v) is 2.53. The predicted octanol–water partition coefficient (Wildman–Crippen LogP) is 1.86. The van der Waals surface area contributed by atoms with Gasteiger partial charge in [0, 0.05) is 23.2 Å². The lowest BCUT2D eigenvalue weighted by Gasteiger charge is -2.12. The Balaban J connectivity index is 1.85. The second-order valence-electron chi connectivity index (χ2n) is 4.54. The monoisotopic (exact) mass is 334 g/mol. The Kier molecular flexibility index (Phi) is 5.36. The van der Waals surface area contributed by atoms with Crippen LogP contribution in [0.4, 0.5) is 5.69 Å². The number of carbonyl (C=O) groups excluding carboxylic acids is 2. The summed E-state index contributed by atoms with van der Waals surface area (Å²) in [6, 6.07) is 9.15. The Morgan fingerprint density at radius 3 is 2.48 bits per heavy atom. The Hall–Kier alpha value is -2.81. The summed E-state index contributed by atoms with van der Waals surface area (Å²) in [5.41, 5.74) is 4.96. The lowest BCUT2D eigenvalue weighted by molar-refractivity contribution is -0.384. The molecule has 0 aliphatic rings. The summed E-state index contributed by atoms with van der Waals surface area (Å²) >= 11 is 1.23. The molecule has 0 saturated carbocycles. The number of hydrazine groups is 1. The van der Waals surface area contributed by atoms with E-state index in [2.05, 4.69) is 15.8 Å². The first-order valence-electron chi connectivity index (χ1n) is 6.62. The molecule has 1 aromatic heterocycles. The molecule has 1 heterocycles. The zero-order valence-electron chi connectivity index (χ0n) is 12.1. The third-order valence-corrected chi connectivity index (χ3v) is 3.98. The van der Waals surface area contributed by atoms with Crippen molar-refractivity contribution in [3.05, 3.63) is 58.4 Å². The highest BCUT2D eigenvalue weighted by Gasteiger charge is 2.16. The van der Waals surface area contributed by atoms with E-state index < -0.39 is 16.1 Å². The molecular formula is C14H14N4O4S. The van der Waals surface area contributed by atoms with Gasteiger partial charge in [-0.15, -0.1) is 11.8 Å². The number of amides is 2. The van der Waals surface area contributed by atoms with Crippen LogP contribution in [-0.2, 0) is 4.79 Å². The number of benzene rings is 1. The van der Waals surface area contributed by atoms with E-state index in [9.17, 15) is 19.7 Å². The van der Waals surface area contributed by atoms with Crippen molar-refractivity contribution in [1.82, 2.24) is 15.8 Å². The summed E-state index contributed by atoms with van der Waals surface area (Å²) in [6.45, 7) is 1.67. The standard InChI is InChI=1S/C14H14N4O4S/c1-9(23-11-6-4-10(5-7-11)18(21)22)13(19)16-17-14(20)12-3-2-8-15-12/h2-9,15H,1H3,(H,16,19)(H,17,20). The molecule has 0 aliphatic heterocycles. The van der Waals surface area contributed by atoms with Crippen LogP contribution in [0.1, 0.15) is 17.4 Å². The van der Waals surface area contributed by atoms with Crippen LogP contribution < -0.4 is 10.9 Å². The Morgan fingerprint density at radius 1 is 1.22 bits per heavy atom. The van der Waals surface area contributed by atoms with Crippen LogP contribution in [0.2, 0.25) is 0 Å². The third-order valence-electron chi connectivity index (χ3n) is 2.87. The van der Waals surface area contributed by atoms with Gasteiger partial charge in [-0.3, -0.25) is 30.6 Å². The molecule has 23 heavy (non-hydrogen) atoms. The van der Waals surface area contributed by atoms with Gasteiger partial charge in [0.05, 0.1) is 10.2 Å². The minimum absolute atomic E-state index is 0.00957. The fourth-order valence-electron chi connectivity index (χ4n) is 1.66. The lowest BCUT2D eigenvalue weighted by atomic mass is 10.3. The second-order valence-corrected chi connectivity index (χ2v) is 5.95. The number of hydrogen-bond acceptors (Lipinski definition) is 5. The summed E-state index contributed by atoms with van der Waals surface area (Å²) in [7, 11) is 0. The third kappa shape index (κ3) is 4.58. The molecule has 3 N–H and O–H groups in total. The first kappa shape index (κ1) is 16.6. The largest absolute Gasteiger partial charge is 0.357 e. The zero-order chi connectivity index (χ0) is 16.8. The maximum Gasteiger partial charge on any atom is 0.286 e. The molecule has 0 spiro atoms. The number of H-pyrrole nitrogens is 1. The van der Waals surface area contributed by atoms with Crippen molar-refractivity contribution >= 4 is 29.3 Å². The molecular weight excluding hydrogens is 320 g/mol. The average molecular weight is 334 g/mol. The van der Waals surface area contributed by atoms with E-state index in [1.165, 1.54) is 23.9 Å². The van der Waals surface area contributed by atoms with Gasteiger partial charge >= 0.3 is 0 Å². The molecule has 120 valence electrons. The Bertz CT molecular complexity index is 700. The average Bonchev–Trinajstić information content (AvgIpc) is 3.07. The highest BCUT2D eigenvalue weighted by atomic mass is 32.2. The quantitative estimate of drug-likeness (QED) is 0.438. The van der Waals surface area contributed by atoms with Crippen molar-refractivity contribution < 1.29 is 14.5 Å². The predicted molar refractivity (Wildman–Crippen MR) is 84.8 cm³/mol. The summed E-state index contributed by atoms with van der Waals surface area (Å²) in [6.07, 6.45) is 1.60. The molecule has 1 aromatic carbocycles. The van der Waals surface area contributed by atoms with Crippen LogP contribution in [0.25, 0.3) is 0 Å². The van der Waals surface area contributed by atoms with E-state index in [0.29, 0.717) is 10.6 Å². The molecule has 0 aliphatic carbocycles. The Labute approximate surface area is 135 Å². The summed E-state index contributed by atoms with van der Waals surface area (Å²) in [5.74, 6) is -0.829. The molecule has 2 rings (SSSR count). The van der Waals surface area contributed by atoms with Crippen molar-refractivity contribution in [1.29, 1.82) is 0 Å². The maximum absolute atomic E-state index is 11.9. The molecule has 0 bridgehead atoms. The summed E-state index contributed by atoms with van der Waals surface area (Å²) in [5, 5.41) is 10.1. The van der Waals surface area contributed by atoms with E-state index in [0.717, 1.165) is 0 Å². The van der Waals surface area contributed by atoms with Crippen molar-refractivity contribution in [3.8, 4) is 0 Å². The van der Waals surface area contributed by atoms with Gasteiger partial charge in [0.1, 0.15) is 5.69 Å². The van der Waals surface area contributed by atoms with E-state index in [1.54, 1.807) is 37.4 Å². The zero-order valence-corrected chi connectivity index (χ0v) is 12.9. The summed E-state index contributed by atoms with van der Waals surface area (Å²) < 4.78 is 0. The molecule has 8 nitrogen and oxygen atoms in total. The van der Waals surface area contributed by atoms with Gasteiger partial charge in [0.2, 0.25) is 0 Å². The van der Waals surface area contributed by atoms with Crippen LogP contribution in [0.3, 0.4) is 0 Å². The Morgan fingerprint density at radius 2 is 1.91 bits per heavy atom. The van der Waals surface area contributed by atoms with Crippen molar-refractivity contribution in [2.75, 3.05) is 0 Å². The molecule has 1 atom stereocenters. The van der Waals surface area contributed by atoms with E-state index in [1.807, 2.05) is 0 Å². The highest BCUT2D eigenvalue weighted by molar-refractivity contribution is 8.00. The van der Waals surface area contributed by atoms with E-state index >= 15 is 0 Å². The second kappa shape index (κ2) is 7.45. The van der Waals surface area contributed by atoms with Crippen molar-refractivity contribution in [3.63, 3.8) is 0 Å². The van der Waals surface area contributed by atoms with Gasteiger partial charge in [-0.2, -0.15) is 0 Å². The van der Waals surface area contributed by atoms with Crippen LogP contribution in [0, 0.1) is 10.1 Å². The van der Waals surface area contributed by atoms with Crippen LogP contribution >= 0.6 is 11.8 Å². The minimum atomic E-state index is -0.486. The first-order valence-corrected chi connectivity index (χ1v) is 7.50. The SMILES string of the molecule is CC(Sc1ccc([N+](=O)[O-])cc1)C(=O)NNC(=O)c1ccc[nH]1. The van der Waals surface area contributed by atoms with Gasteiger partial charge in [-0.05, 0) is 31.2 Å². The van der Waals surface area contributed by atoms with Crippen LogP contribution in [0.5, 0.6) is 0 Å². The normalized spacial score (nSPS) is 11.5. The lowest BCUT2D eigenvalue weighted by Crippen LogP contribution is -2.45. The maximum atomic E-state index is 11.9. The van der Waals surface area contributed by atoms with Crippen LogP contribution in [0.15, 0.2) is 47.5 Å². The van der Waals surface area contributed by atoms with Crippen molar-refractivity contribution in [2.24, 2.45) is 0 Å². The molecule has 2 aromatic rings. The topological polar surface area (TPSA) is 117 Å². The molecule has 9 heteroatoms. The molecule has 0 radical (unpaired) electrons. The van der Waals surface area contributed by atoms with E-state index in [4.69, 9.17) is 0 Å². The van der Waals surface area contributed by atoms with Gasteiger partial charge in [0.25, 0.3) is 17.5 Å². The van der Waals surface area contributed by atoms with Gasteiger partial charge < -0.3 is 4.98 Å². The van der Waals surface area contributed by atoms with Crippen molar-refractivity contribution in [2.45, 2.75) is 17.1 Å². The number of nitro groups is 1. The fraction of sp³-hybridized carbons (Fsp3) is 0.143. The number of thioether (sulfide) groups is 1. The molecule has 1 unspecified atom stereocenters. The van der Waals surface area contributed by atoms with Gasteiger partial charge in [-0.25, -0.2) is 0 Å². The number of aromatic nitrogens is 1. The number of hydrogen-bond donors (Lipinski definition) is 3. The highest BCUT2D eigenvalue weighted by Crippen LogP contribution is 2.25. The smallest absolute Gasteiger partial charge is 0.286 e. The minimum Gasteiger partial charge on any atom is -0.357 e. The molecule has 0 saturated heterocycles. The number of nitrogens with one attached hydrogen (secondary N) is 3. The molecule has 0 fully saturated rings. The molecule has 2 amide bonds. The van der Waals surface area contributed by atoms with Gasteiger partial charge in [0.15, 0.2) is 0 Å². The van der Waals surface area contributed by atoms with Crippen LogP contribution in [-0.4, -0.2) is 27.0 Å². The number of nitro benzene ring substituents is 1. The number of carbonyl (C=O) groups is 2. The number of nitrogens with zero attached hydrogens (tertiary/aromatic N) is 1.